The number of hydrogen-bond donors (Lipinski definition) is 1. The molecule has 0 bridgehead atoms. The van der Waals surface area contributed by atoms with Crippen molar-refractivity contribution in [3.63, 3.8) is 0 Å². The van der Waals surface area contributed by atoms with Gasteiger partial charge in [0.05, 0.1) is 17.4 Å². The van der Waals surface area contributed by atoms with Gasteiger partial charge in [-0.3, -0.25) is 4.79 Å². The van der Waals surface area contributed by atoms with Crippen LogP contribution in [0, 0.1) is 0 Å². The predicted molar refractivity (Wildman–Crippen MR) is 86.2 cm³/mol. The molecule has 3 heterocycles. The lowest BCUT2D eigenvalue weighted by atomic mass is 10.1. The number of fused-ring (bicyclic) bond motifs is 1. The molecule has 2 aromatic heterocycles. The van der Waals surface area contributed by atoms with Gasteiger partial charge in [0.1, 0.15) is 0 Å². The summed E-state index contributed by atoms with van der Waals surface area (Å²) in [5.41, 5.74) is 2.44. The maximum atomic E-state index is 12.7. The maximum Gasteiger partial charge on any atom is 0.254 e. The summed E-state index contributed by atoms with van der Waals surface area (Å²) in [6, 6.07) is 7.36. The van der Waals surface area contributed by atoms with E-state index in [0.717, 1.165) is 30.1 Å². The number of nitrogens with zero attached hydrogens (tertiary/aromatic N) is 5. The van der Waals surface area contributed by atoms with Gasteiger partial charge in [-0.25, -0.2) is 15.0 Å². The molecule has 1 aliphatic rings. The Kier molecular flexibility index (Phi) is 3.38. The Balaban J connectivity index is 1.46. The molecule has 1 amide bonds. The van der Waals surface area contributed by atoms with Gasteiger partial charge in [0.2, 0.25) is 5.95 Å². The van der Waals surface area contributed by atoms with Crippen LogP contribution in [-0.4, -0.2) is 56.9 Å². The molecule has 7 heteroatoms. The standard InChI is InChI=1S/C16H16N6O/c23-15(12-2-3-13-14(10-12)20-11-19-13)21-6-8-22(9-7-21)16-17-4-1-5-18-16/h1-5,10-11H,6-9H2,(H,19,20). The van der Waals surface area contributed by atoms with Gasteiger partial charge in [-0.05, 0) is 24.3 Å². The summed E-state index contributed by atoms with van der Waals surface area (Å²) in [6.45, 7) is 2.81. The molecule has 0 spiro atoms. The smallest absolute Gasteiger partial charge is 0.254 e. The monoisotopic (exact) mass is 308 g/mol. The minimum atomic E-state index is 0.0510. The average molecular weight is 308 g/mol. The maximum absolute atomic E-state index is 12.7. The number of aromatic nitrogens is 4. The van der Waals surface area contributed by atoms with Gasteiger partial charge in [0.15, 0.2) is 0 Å². The summed E-state index contributed by atoms with van der Waals surface area (Å²) in [5.74, 6) is 0.772. The number of carbonyl (C=O) groups is 1. The molecule has 7 nitrogen and oxygen atoms in total. The number of amides is 1. The normalized spacial score (nSPS) is 15.1. The van der Waals surface area contributed by atoms with Crippen molar-refractivity contribution in [2.24, 2.45) is 0 Å². The molecule has 0 saturated carbocycles. The number of aromatic amines is 1. The summed E-state index contributed by atoms with van der Waals surface area (Å²) in [7, 11) is 0. The molecule has 0 aliphatic carbocycles. The second kappa shape index (κ2) is 5.68. The largest absolute Gasteiger partial charge is 0.345 e. The van der Waals surface area contributed by atoms with Crippen molar-refractivity contribution in [3.8, 4) is 0 Å². The molecule has 3 aromatic rings. The van der Waals surface area contributed by atoms with E-state index in [2.05, 4.69) is 24.8 Å². The number of carbonyl (C=O) groups excluding carboxylic acids is 1. The fourth-order valence-corrected chi connectivity index (χ4v) is 2.82. The lowest BCUT2D eigenvalue weighted by Gasteiger charge is -2.34. The molecule has 1 aliphatic heterocycles. The molecule has 1 fully saturated rings. The Hall–Kier alpha value is -2.96. The Morgan fingerprint density at radius 1 is 1.04 bits per heavy atom. The van der Waals surface area contributed by atoms with E-state index in [9.17, 15) is 4.79 Å². The van der Waals surface area contributed by atoms with Gasteiger partial charge in [0, 0.05) is 44.1 Å². The van der Waals surface area contributed by atoms with E-state index in [4.69, 9.17) is 0 Å². The van der Waals surface area contributed by atoms with E-state index in [0.29, 0.717) is 18.7 Å². The minimum absolute atomic E-state index is 0.0510. The number of nitrogens with one attached hydrogen (secondary N) is 1. The van der Waals surface area contributed by atoms with E-state index in [1.54, 1.807) is 24.8 Å². The van der Waals surface area contributed by atoms with Gasteiger partial charge in [0.25, 0.3) is 5.91 Å². The minimum Gasteiger partial charge on any atom is -0.345 e. The Morgan fingerprint density at radius 3 is 2.61 bits per heavy atom. The zero-order chi connectivity index (χ0) is 15.6. The highest BCUT2D eigenvalue weighted by atomic mass is 16.2. The van der Waals surface area contributed by atoms with E-state index in [1.165, 1.54) is 0 Å². The van der Waals surface area contributed by atoms with Gasteiger partial charge < -0.3 is 14.8 Å². The Bertz CT molecular complexity index is 823. The van der Waals surface area contributed by atoms with Gasteiger partial charge in [-0.15, -0.1) is 0 Å². The van der Waals surface area contributed by atoms with Crippen LogP contribution >= 0.6 is 0 Å². The van der Waals surface area contributed by atoms with Crippen molar-refractivity contribution in [2.45, 2.75) is 0 Å². The van der Waals surface area contributed by atoms with Crippen LogP contribution in [0.4, 0.5) is 5.95 Å². The van der Waals surface area contributed by atoms with Crippen LogP contribution in [0.15, 0.2) is 43.0 Å². The lowest BCUT2D eigenvalue weighted by molar-refractivity contribution is 0.0746. The number of benzene rings is 1. The fraction of sp³-hybridized carbons (Fsp3) is 0.250. The van der Waals surface area contributed by atoms with Crippen LogP contribution in [0.5, 0.6) is 0 Å². The van der Waals surface area contributed by atoms with Gasteiger partial charge >= 0.3 is 0 Å². The zero-order valence-electron chi connectivity index (χ0n) is 12.5. The number of imidazole rings is 1. The topological polar surface area (TPSA) is 78.0 Å². The summed E-state index contributed by atoms with van der Waals surface area (Å²) in [4.78, 5) is 32.4. The van der Waals surface area contributed by atoms with E-state index in [1.807, 2.05) is 23.1 Å². The van der Waals surface area contributed by atoms with Crippen LogP contribution in [0.3, 0.4) is 0 Å². The van der Waals surface area contributed by atoms with Crippen LogP contribution < -0.4 is 4.90 Å². The first kappa shape index (κ1) is 13.7. The first-order chi connectivity index (χ1) is 11.3. The molecule has 4 rings (SSSR count). The quantitative estimate of drug-likeness (QED) is 0.772. The zero-order valence-corrected chi connectivity index (χ0v) is 12.5. The van der Waals surface area contributed by atoms with Crippen LogP contribution in [0.1, 0.15) is 10.4 Å². The Morgan fingerprint density at radius 2 is 1.83 bits per heavy atom. The van der Waals surface area contributed by atoms with E-state index >= 15 is 0 Å². The van der Waals surface area contributed by atoms with Crippen molar-refractivity contribution in [1.29, 1.82) is 0 Å². The molecule has 23 heavy (non-hydrogen) atoms. The number of rotatable bonds is 2. The Labute approximate surface area is 133 Å². The SMILES string of the molecule is O=C(c1ccc2nc[nH]c2c1)N1CCN(c2ncccn2)CC1. The van der Waals surface area contributed by atoms with Crippen molar-refractivity contribution < 1.29 is 4.79 Å². The fourth-order valence-electron chi connectivity index (χ4n) is 2.82. The molecule has 1 aromatic carbocycles. The third kappa shape index (κ3) is 2.61. The summed E-state index contributed by atoms with van der Waals surface area (Å²) in [5, 5.41) is 0. The molecular formula is C16H16N6O. The van der Waals surface area contributed by atoms with Crippen LogP contribution in [0.25, 0.3) is 11.0 Å². The molecule has 0 atom stereocenters. The van der Waals surface area contributed by atoms with Crippen LogP contribution in [0.2, 0.25) is 0 Å². The predicted octanol–water partition coefficient (Wildman–Crippen LogP) is 1.32. The highest BCUT2D eigenvalue weighted by molar-refractivity contribution is 5.97. The van der Waals surface area contributed by atoms with Gasteiger partial charge in [-0.1, -0.05) is 0 Å². The molecule has 1 N–H and O–H groups in total. The average Bonchev–Trinajstić information content (AvgIpc) is 3.10. The van der Waals surface area contributed by atoms with Crippen molar-refractivity contribution >= 4 is 22.9 Å². The second-order valence-corrected chi connectivity index (χ2v) is 5.46. The number of piperazine rings is 1. The van der Waals surface area contributed by atoms with Crippen molar-refractivity contribution in [3.05, 3.63) is 48.5 Å². The first-order valence-electron chi connectivity index (χ1n) is 7.56. The van der Waals surface area contributed by atoms with Gasteiger partial charge in [-0.2, -0.15) is 0 Å². The summed E-state index contributed by atoms with van der Waals surface area (Å²) >= 11 is 0. The molecule has 116 valence electrons. The third-order valence-corrected chi connectivity index (χ3v) is 4.07. The van der Waals surface area contributed by atoms with E-state index < -0.39 is 0 Å². The molecule has 0 radical (unpaired) electrons. The lowest BCUT2D eigenvalue weighted by Crippen LogP contribution is -2.49. The summed E-state index contributed by atoms with van der Waals surface area (Å²) in [6.07, 6.45) is 5.11. The summed E-state index contributed by atoms with van der Waals surface area (Å²) < 4.78 is 0. The molecular weight excluding hydrogens is 292 g/mol. The highest BCUT2D eigenvalue weighted by Gasteiger charge is 2.23. The van der Waals surface area contributed by atoms with Crippen molar-refractivity contribution in [2.75, 3.05) is 31.1 Å². The van der Waals surface area contributed by atoms with Crippen LogP contribution in [-0.2, 0) is 0 Å². The van der Waals surface area contributed by atoms with Crippen molar-refractivity contribution in [1.82, 2.24) is 24.8 Å². The number of hydrogen-bond acceptors (Lipinski definition) is 5. The second-order valence-electron chi connectivity index (χ2n) is 5.46. The van der Waals surface area contributed by atoms with E-state index in [-0.39, 0.29) is 5.91 Å². The number of H-pyrrole nitrogens is 1. The number of anilines is 1. The molecule has 0 unspecified atom stereocenters. The molecule has 1 saturated heterocycles. The first-order valence-corrected chi connectivity index (χ1v) is 7.56. The third-order valence-electron chi connectivity index (χ3n) is 4.07. The highest BCUT2D eigenvalue weighted by Crippen LogP contribution is 2.16.